The van der Waals surface area contributed by atoms with E-state index >= 15 is 0 Å². The predicted molar refractivity (Wildman–Crippen MR) is 76.7 cm³/mol. The molecule has 0 heterocycles. The molecule has 108 valence electrons. The zero-order valence-electron chi connectivity index (χ0n) is 11.8. The first-order valence-corrected chi connectivity index (χ1v) is 8.15. The van der Waals surface area contributed by atoms with Gasteiger partial charge in [-0.25, -0.2) is 8.42 Å². The van der Waals surface area contributed by atoms with Crippen molar-refractivity contribution in [3.8, 4) is 5.75 Å². The molecule has 0 amide bonds. The van der Waals surface area contributed by atoms with Gasteiger partial charge in [0.15, 0.2) is 0 Å². The second kappa shape index (κ2) is 6.91. The fourth-order valence-corrected chi connectivity index (χ4v) is 3.74. The van der Waals surface area contributed by atoms with Crippen LogP contribution in [0.25, 0.3) is 0 Å². The highest BCUT2D eigenvalue weighted by molar-refractivity contribution is 7.89. The Morgan fingerprint density at radius 3 is 2.37 bits per heavy atom. The van der Waals surface area contributed by atoms with E-state index in [0.29, 0.717) is 6.54 Å². The van der Waals surface area contributed by atoms with Gasteiger partial charge >= 0.3 is 0 Å². The molecule has 5 heteroatoms. The smallest absolute Gasteiger partial charge is 0.246 e. The average Bonchev–Trinajstić information content (AvgIpc) is 2.34. The zero-order chi connectivity index (χ0) is 14.5. The average molecular weight is 285 g/mol. The van der Waals surface area contributed by atoms with E-state index in [-0.39, 0.29) is 16.7 Å². The molecule has 19 heavy (non-hydrogen) atoms. The predicted octanol–water partition coefficient (Wildman–Crippen LogP) is 2.98. The lowest BCUT2D eigenvalue weighted by molar-refractivity contribution is 0.343. The standard InChI is InChI=1S/C14H23NO3S/c1-4-5-8-11-15(12(2)3)19(17,18)14-10-7-6-9-13(14)16/h6-7,9-10,12,16H,4-5,8,11H2,1-3H3. The van der Waals surface area contributed by atoms with Crippen LogP contribution in [0.2, 0.25) is 0 Å². The van der Waals surface area contributed by atoms with E-state index in [1.54, 1.807) is 12.1 Å². The lowest BCUT2D eigenvalue weighted by Crippen LogP contribution is -2.37. The van der Waals surface area contributed by atoms with Crippen LogP contribution < -0.4 is 0 Å². The summed E-state index contributed by atoms with van der Waals surface area (Å²) in [5.41, 5.74) is 0. The molecule has 0 atom stereocenters. The number of benzene rings is 1. The van der Waals surface area contributed by atoms with E-state index in [0.717, 1.165) is 19.3 Å². The first kappa shape index (κ1) is 16.0. The maximum atomic E-state index is 12.6. The second-order valence-corrected chi connectivity index (χ2v) is 6.74. The van der Waals surface area contributed by atoms with E-state index in [1.165, 1.54) is 16.4 Å². The Labute approximate surface area is 116 Å². The number of nitrogens with zero attached hydrogens (tertiary/aromatic N) is 1. The minimum absolute atomic E-state index is 0.0137. The summed E-state index contributed by atoms with van der Waals surface area (Å²) in [6.45, 7) is 6.27. The SMILES string of the molecule is CCCCCN(C(C)C)S(=O)(=O)c1ccccc1O. The van der Waals surface area contributed by atoms with Crippen molar-refractivity contribution in [2.24, 2.45) is 0 Å². The molecular weight excluding hydrogens is 262 g/mol. The zero-order valence-corrected chi connectivity index (χ0v) is 12.7. The molecule has 0 aliphatic rings. The van der Waals surface area contributed by atoms with Crippen molar-refractivity contribution in [2.75, 3.05) is 6.54 Å². The Morgan fingerprint density at radius 1 is 1.21 bits per heavy atom. The van der Waals surface area contributed by atoms with Crippen LogP contribution in [0.4, 0.5) is 0 Å². The van der Waals surface area contributed by atoms with Crippen LogP contribution in [0, 0.1) is 0 Å². The summed E-state index contributed by atoms with van der Waals surface area (Å²) in [7, 11) is -3.63. The maximum Gasteiger partial charge on any atom is 0.246 e. The van der Waals surface area contributed by atoms with Crippen LogP contribution in [-0.4, -0.2) is 30.4 Å². The molecule has 0 saturated heterocycles. The highest BCUT2D eigenvalue weighted by Gasteiger charge is 2.28. The Balaban J connectivity index is 3.03. The number of para-hydroxylation sites is 1. The van der Waals surface area contributed by atoms with Crippen LogP contribution in [0.3, 0.4) is 0 Å². The third-order valence-corrected chi connectivity index (χ3v) is 5.13. The van der Waals surface area contributed by atoms with Gasteiger partial charge in [0.2, 0.25) is 10.0 Å². The van der Waals surface area contributed by atoms with Crippen molar-refractivity contribution in [3.05, 3.63) is 24.3 Å². The molecule has 0 spiro atoms. The molecule has 0 bridgehead atoms. The highest BCUT2D eigenvalue weighted by atomic mass is 32.2. The van der Waals surface area contributed by atoms with Crippen molar-refractivity contribution in [2.45, 2.75) is 51.0 Å². The maximum absolute atomic E-state index is 12.6. The van der Waals surface area contributed by atoms with E-state index in [2.05, 4.69) is 6.92 Å². The Kier molecular flexibility index (Phi) is 5.82. The molecule has 1 aromatic carbocycles. The largest absolute Gasteiger partial charge is 0.507 e. The van der Waals surface area contributed by atoms with E-state index in [9.17, 15) is 13.5 Å². The summed E-state index contributed by atoms with van der Waals surface area (Å²) >= 11 is 0. The minimum atomic E-state index is -3.63. The number of phenolic OH excluding ortho intramolecular Hbond substituents is 1. The highest BCUT2D eigenvalue weighted by Crippen LogP contribution is 2.26. The molecule has 1 aromatic rings. The third kappa shape index (κ3) is 3.94. The normalized spacial score (nSPS) is 12.3. The number of sulfonamides is 1. The minimum Gasteiger partial charge on any atom is -0.507 e. The number of hydrogen-bond acceptors (Lipinski definition) is 3. The monoisotopic (exact) mass is 285 g/mol. The number of unbranched alkanes of at least 4 members (excludes halogenated alkanes) is 2. The third-order valence-electron chi connectivity index (χ3n) is 3.01. The van der Waals surface area contributed by atoms with Gasteiger partial charge in [0.25, 0.3) is 0 Å². The molecule has 0 aliphatic carbocycles. The van der Waals surface area contributed by atoms with Crippen molar-refractivity contribution in [3.63, 3.8) is 0 Å². The topological polar surface area (TPSA) is 57.6 Å². The first-order valence-electron chi connectivity index (χ1n) is 6.71. The molecule has 0 unspecified atom stereocenters. The van der Waals surface area contributed by atoms with Gasteiger partial charge in [0, 0.05) is 12.6 Å². The summed E-state index contributed by atoms with van der Waals surface area (Å²) in [6, 6.07) is 5.96. The number of phenols is 1. The molecule has 0 aromatic heterocycles. The van der Waals surface area contributed by atoms with Gasteiger partial charge in [-0.05, 0) is 32.4 Å². The quantitative estimate of drug-likeness (QED) is 0.784. The summed E-state index contributed by atoms with van der Waals surface area (Å²) in [4.78, 5) is -0.0137. The van der Waals surface area contributed by atoms with E-state index in [1.807, 2.05) is 13.8 Å². The van der Waals surface area contributed by atoms with Gasteiger partial charge in [-0.3, -0.25) is 0 Å². The molecule has 4 nitrogen and oxygen atoms in total. The fourth-order valence-electron chi connectivity index (χ4n) is 1.98. The van der Waals surface area contributed by atoms with Crippen LogP contribution in [-0.2, 0) is 10.0 Å². The summed E-state index contributed by atoms with van der Waals surface area (Å²) < 4.78 is 26.6. The molecule has 1 rings (SSSR count). The van der Waals surface area contributed by atoms with Crippen molar-refractivity contribution in [1.29, 1.82) is 0 Å². The summed E-state index contributed by atoms with van der Waals surface area (Å²) in [5.74, 6) is -0.191. The van der Waals surface area contributed by atoms with E-state index in [4.69, 9.17) is 0 Å². The molecule has 0 aliphatic heterocycles. The Hall–Kier alpha value is -1.07. The van der Waals surface area contributed by atoms with Gasteiger partial charge in [-0.2, -0.15) is 4.31 Å². The molecule has 0 fully saturated rings. The van der Waals surface area contributed by atoms with Gasteiger partial charge in [0.05, 0.1) is 0 Å². The van der Waals surface area contributed by atoms with Crippen molar-refractivity contribution < 1.29 is 13.5 Å². The number of hydrogen-bond donors (Lipinski definition) is 1. The van der Waals surface area contributed by atoms with Crippen LogP contribution in [0.1, 0.15) is 40.0 Å². The summed E-state index contributed by atoms with van der Waals surface area (Å²) in [5, 5.41) is 9.74. The molecule has 0 radical (unpaired) electrons. The van der Waals surface area contributed by atoms with Gasteiger partial charge in [-0.15, -0.1) is 0 Å². The lowest BCUT2D eigenvalue weighted by atomic mass is 10.2. The second-order valence-electron chi connectivity index (χ2n) is 4.88. The number of rotatable bonds is 7. The van der Waals surface area contributed by atoms with E-state index < -0.39 is 10.0 Å². The first-order chi connectivity index (χ1) is 8.91. The van der Waals surface area contributed by atoms with Crippen LogP contribution in [0.15, 0.2) is 29.2 Å². The molecule has 1 N–H and O–H groups in total. The van der Waals surface area contributed by atoms with Gasteiger partial charge < -0.3 is 5.11 Å². The number of aromatic hydroxyl groups is 1. The van der Waals surface area contributed by atoms with Gasteiger partial charge in [0.1, 0.15) is 10.6 Å². The van der Waals surface area contributed by atoms with Crippen molar-refractivity contribution in [1.82, 2.24) is 4.31 Å². The Morgan fingerprint density at radius 2 is 1.84 bits per heavy atom. The van der Waals surface area contributed by atoms with Gasteiger partial charge in [-0.1, -0.05) is 31.9 Å². The van der Waals surface area contributed by atoms with Crippen molar-refractivity contribution >= 4 is 10.0 Å². The fraction of sp³-hybridized carbons (Fsp3) is 0.571. The summed E-state index contributed by atoms with van der Waals surface area (Å²) in [6.07, 6.45) is 2.88. The Bertz CT molecular complexity index is 497. The van der Waals surface area contributed by atoms with Crippen LogP contribution in [0.5, 0.6) is 5.75 Å². The molecule has 0 saturated carbocycles. The van der Waals surface area contributed by atoms with Crippen LogP contribution >= 0.6 is 0 Å². The lowest BCUT2D eigenvalue weighted by Gasteiger charge is -2.26. The molecular formula is C14H23NO3S.